The molecule has 2 nitrogen and oxygen atoms in total. The Hall–Kier alpha value is 0.110. The summed E-state index contributed by atoms with van der Waals surface area (Å²) in [6.07, 6.45) is 4.07. The molecule has 0 bridgehead atoms. The monoisotopic (exact) mass is 231 g/mol. The molecule has 1 aliphatic rings. The molecule has 3 unspecified atom stereocenters. The van der Waals surface area contributed by atoms with Crippen LogP contribution in [0.3, 0.4) is 0 Å². The average molecular weight is 231 g/mol. The van der Waals surface area contributed by atoms with Gasteiger partial charge in [-0.3, -0.25) is 4.21 Å². The summed E-state index contributed by atoms with van der Waals surface area (Å²) in [5.74, 6) is 3.16. The van der Waals surface area contributed by atoms with Crippen molar-refractivity contribution in [3.8, 4) is 0 Å². The minimum Gasteiger partial charge on any atom is -0.313 e. The Labute approximate surface area is 96.7 Å². The van der Waals surface area contributed by atoms with Gasteiger partial charge in [-0.25, -0.2) is 0 Å². The van der Waals surface area contributed by atoms with Gasteiger partial charge in [0.15, 0.2) is 0 Å². The molecule has 0 aromatic carbocycles. The molecule has 0 spiro atoms. The van der Waals surface area contributed by atoms with Crippen molar-refractivity contribution < 1.29 is 4.21 Å². The van der Waals surface area contributed by atoms with E-state index < -0.39 is 10.8 Å². The first kappa shape index (κ1) is 13.2. The number of nitrogens with one attached hydrogen (secondary N) is 1. The lowest BCUT2D eigenvalue weighted by molar-refractivity contribution is 0.212. The van der Waals surface area contributed by atoms with Gasteiger partial charge in [-0.15, -0.1) is 0 Å². The second kappa shape index (κ2) is 6.64. The maximum absolute atomic E-state index is 11.3. The normalized spacial score (nSPS) is 33.9. The molecule has 3 atom stereocenters. The van der Waals surface area contributed by atoms with Crippen LogP contribution in [0.15, 0.2) is 0 Å². The van der Waals surface area contributed by atoms with Crippen LogP contribution in [0, 0.1) is 11.8 Å². The van der Waals surface area contributed by atoms with E-state index in [0.29, 0.717) is 6.04 Å². The van der Waals surface area contributed by atoms with Crippen molar-refractivity contribution in [1.82, 2.24) is 5.32 Å². The van der Waals surface area contributed by atoms with E-state index in [4.69, 9.17) is 0 Å². The Morgan fingerprint density at radius 2 is 1.87 bits per heavy atom. The highest BCUT2D eigenvalue weighted by Gasteiger charge is 2.26. The molecule has 15 heavy (non-hydrogen) atoms. The van der Waals surface area contributed by atoms with Gasteiger partial charge < -0.3 is 5.32 Å². The van der Waals surface area contributed by atoms with Gasteiger partial charge in [0, 0.05) is 34.9 Å². The van der Waals surface area contributed by atoms with E-state index in [0.717, 1.165) is 29.9 Å². The van der Waals surface area contributed by atoms with Crippen LogP contribution in [0.5, 0.6) is 0 Å². The van der Waals surface area contributed by atoms with E-state index in [1.54, 1.807) is 0 Å². The van der Waals surface area contributed by atoms with Crippen molar-refractivity contribution in [2.24, 2.45) is 11.8 Å². The first-order valence-corrected chi connectivity index (χ1v) is 7.72. The van der Waals surface area contributed by atoms with Crippen molar-refractivity contribution >= 4 is 10.8 Å². The molecule has 0 aromatic rings. The van der Waals surface area contributed by atoms with E-state index in [1.165, 1.54) is 19.3 Å². The third kappa shape index (κ3) is 4.23. The summed E-state index contributed by atoms with van der Waals surface area (Å²) in [6.45, 7) is 7.58. The Bertz CT molecular complexity index is 198. The Morgan fingerprint density at radius 3 is 2.40 bits per heavy atom. The molecular formula is C12H25NOS. The van der Waals surface area contributed by atoms with Crippen LogP contribution in [0.4, 0.5) is 0 Å². The second-order valence-corrected chi connectivity index (χ2v) is 6.66. The Morgan fingerprint density at radius 1 is 1.27 bits per heavy atom. The average Bonchev–Trinajstić information content (AvgIpc) is 2.22. The lowest BCUT2D eigenvalue weighted by Gasteiger charge is -2.35. The first-order valence-electron chi connectivity index (χ1n) is 6.23. The molecule has 0 amide bonds. The molecule has 0 aromatic heterocycles. The maximum Gasteiger partial charge on any atom is 0.0360 e. The zero-order valence-corrected chi connectivity index (χ0v) is 11.1. The van der Waals surface area contributed by atoms with Crippen molar-refractivity contribution in [3.63, 3.8) is 0 Å². The molecule has 1 fully saturated rings. The van der Waals surface area contributed by atoms with Gasteiger partial charge in [0.25, 0.3) is 0 Å². The fourth-order valence-corrected chi connectivity index (χ4v) is 3.20. The van der Waals surface area contributed by atoms with Crippen LogP contribution >= 0.6 is 0 Å². The Balaban J connectivity index is 2.26. The maximum atomic E-state index is 11.3. The fourth-order valence-electron chi connectivity index (χ4n) is 2.57. The van der Waals surface area contributed by atoms with Crippen LogP contribution in [-0.2, 0) is 10.8 Å². The molecule has 0 saturated heterocycles. The molecule has 1 rings (SSSR count). The predicted octanol–water partition coefficient (Wildman–Crippen LogP) is 2.17. The quantitative estimate of drug-likeness (QED) is 0.785. The third-order valence-electron chi connectivity index (χ3n) is 3.58. The smallest absolute Gasteiger partial charge is 0.0360 e. The van der Waals surface area contributed by atoms with E-state index in [1.807, 2.05) is 6.92 Å². The summed E-state index contributed by atoms with van der Waals surface area (Å²) in [7, 11) is -0.616. The van der Waals surface area contributed by atoms with Crippen LogP contribution in [0.1, 0.15) is 40.0 Å². The van der Waals surface area contributed by atoms with Gasteiger partial charge in [0.2, 0.25) is 0 Å². The fraction of sp³-hybridized carbons (Fsp3) is 1.00. The highest BCUT2D eigenvalue weighted by atomic mass is 32.2. The lowest BCUT2D eigenvalue weighted by atomic mass is 9.79. The molecule has 3 heteroatoms. The summed E-state index contributed by atoms with van der Waals surface area (Å²) in [6, 6.07) is 0.646. The summed E-state index contributed by atoms with van der Waals surface area (Å²) in [5.41, 5.74) is 0. The van der Waals surface area contributed by atoms with Crippen LogP contribution in [0.2, 0.25) is 0 Å². The van der Waals surface area contributed by atoms with Crippen molar-refractivity contribution in [2.45, 2.75) is 46.1 Å². The molecule has 1 saturated carbocycles. The van der Waals surface area contributed by atoms with E-state index in [9.17, 15) is 4.21 Å². The zero-order chi connectivity index (χ0) is 11.3. The van der Waals surface area contributed by atoms with Gasteiger partial charge in [0.05, 0.1) is 0 Å². The molecule has 1 N–H and O–H groups in total. The van der Waals surface area contributed by atoms with Gasteiger partial charge in [-0.1, -0.05) is 27.2 Å². The Kier molecular flexibility index (Phi) is 5.83. The van der Waals surface area contributed by atoms with E-state index >= 15 is 0 Å². The summed E-state index contributed by atoms with van der Waals surface area (Å²) in [4.78, 5) is 0. The number of rotatable bonds is 5. The van der Waals surface area contributed by atoms with E-state index in [2.05, 4.69) is 19.2 Å². The second-order valence-electron chi connectivity index (χ2n) is 4.80. The molecule has 90 valence electrons. The molecule has 0 aliphatic heterocycles. The number of hydrogen-bond acceptors (Lipinski definition) is 2. The summed E-state index contributed by atoms with van der Waals surface area (Å²) < 4.78 is 11.3. The van der Waals surface area contributed by atoms with Gasteiger partial charge in [-0.2, -0.15) is 0 Å². The first-order chi connectivity index (χ1) is 7.15. The predicted molar refractivity (Wildman–Crippen MR) is 67.5 cm³/mol. The standard InChI is InChI=1S/C12H25NOS/c1-4-15(14)9-8-13-12-10(2)6-5-7-11(12)3/h10-13H,4-9H2,1-3H3. The summed E-state index contributed by atoms with van der Waals surface area (Å²) in [5, 5.41) is 3.59. The molecular weight excluding hydrogens is 206 g/mol. The van der Waals surface area contributed by atoms with Gasteiger partial charge in [-0.05, 0) is 24.7 Å². The minimum atomic E-state index is -0.616. The van der Waals surface area contributed by atoms with Crippen LogP contribution in [0.25, 0.3) is 0 Å². The van der Waals surface area contributed by atoms with Crippen molar-refractivity contribution in [3.05, 3.63) is 0 Å². The zero-order valence-electron chi connectivity index (χ0n) is 10.3. The van der Waals surface area contributed by atoms with Gasteiger partial charge >= 0.3 is 0 Å². The van der Waals surface area contributed by atoms with Crippen molar-refractivity contribution in [2.75, 3.05) is 18.1 Å². The lowest BCUT2D eigenvalue weighted by Crippen LogP contribution is -2.44. The SMILES string of the molecule is CCS(=O)CCNC1C(C)CCCC1C. The highest BCUT2D eigenvalue weighted by molar-refractivity contribution is 7.84. The van der Waals surface area contributed by atoms with Crippen LogP contribution < -0.4 is 5.32 Å². The topological polar surface area (TPSA) is 29.1 Å². The number of hydrogen-bond donors (Lipinski definition) is 1. The van der Waals surface area contributed by atoms with Crippen LogP contribution in [-0.4, -0.2) is 28.3 Å². The van der Waals surface area contributed by atoms with Gasteiger partial charge in [0.1, 0.15) is 0 Å². The molecule has 0 heterocycles. The third-order valence-corrected chi connectivity index (χ3v) is 4.88. The van der Waals surface area contributed by atoms with Crippen molar-refractivity contribution in [1.29, 1.82) is 0 Å². The largest absolute Gasteiger partial charge is 0.313 e. The molecule has 0 radical (unpaired) electrons. The highest BCUT2D eigenvalue weighted by Crippen LogP contribution is 2.28. The summed E-state index contributed by atoms with van der Waals surface area (Å²) >= 11 is 0. The molecule has 1 aliphatic carbocycles. The minimum absolute atomic E-state index is 0.616. The van der Waals surface area contributed by atoms with E-state index in [-0.39, 0.29) is 0 Å².